The van der Waals surface area contributed by atoms with Crippen LogP contribution in [0.1, 0.15) is 39.1 Å². The molecule has 0 spiro atoms. The van der Waals surface area contributed by atoms with Crippen LogP contribution in [0.4, 0.5) is 11.4 Å². The largest absolute Gasteiger partial charge is 0.465 e. The fourth-order valence-corrected chi connectivity index (χ4v) is 4.45. The molecule has 0 unspecified atom stereocenters. The van der Waals surface area contributed by atoms with E-state index in [9.17, 15) is 19.2 Å². The number of imide groups is 1. The topological polar surface area (TPSA) is 133 Å². The molecule has 178 valence electrons. The SMILES string of the molecule is CCOC(=O)[C@]1(C(=O)c2ccc(N)cc2)C(=O)N(C(=O)c2ccc(N)cc2)C[C@H]1c1ccccc1. The first kappa shape index (κ1) is 23.7. The number of esters is 1. The molecule has 0 aliphatic carbocycles. The Morgan fingerprint density at radius 2 is 1.43 bits per heavy atom. The third kappa shape index (κ3) is 4.03. The van der Waals surface area contributed by atoms with Gasteiger partial charge in [-0.25, -0.2) is 0 Å². The second kappa shape index (κ2) is 9.42. The Bertz CT molecular complexity index is 1270. The molecule has 4 rings (SSSR count). The minimum Gasteiger partial charge on any atom is -0.465 e. The quantitative estimate of drug-likeness (QED) is 0.186. The van der Waals surface area contributed by atoms with E-state index in [1.807, 2.05) is 0 Å². The van der Waals surface area contributed by atoms with Crippen LogP contribution in [-0.2, 0) is 14.3 Å². The van der Waals surface area contributed by atoms with E-state index in [0.717, 1.165) is 4.90 Å². The van der Waals surface area contributed by atoms with Crippen molar-refractivity contribution in [3.63, 3.8) is 0 Å². The van der Waals surface area contributed by atoms with Gasteiger partial charge in [-0.3, -0.25) is 24.1 Å². The van der Waals surface area contributed by atoms with Gasteiger partial charge in [0.25, 0.3) is 11.8 Å². The summed E-state index contributed by atoms with van der Waals surface area (Å²) in [5.41, 5.74) is 11.0. The molecule has 1 aliphatic heterocycles. The van der Waals surface area contributed by atoms with Crippen LogP contribution in [0, 0.1) is 5.41 Å². The zero-order valence-electron chi connectivity index (χ0n) is 19.1. The van der Waals surface area contributed by atoms with Crippen LogP contribution in [-0.4, -0.2) is 41.6 Å². The summed E-state index contributed by atoms with van der Waals surface area (Å²) in [6.07, 6.45) is 0. The first-order valence-corrected chi connectivity index (χ1v) is 11.1. The van der Waals surface area contributed by atoms with Gasteiger partial charge in [-0.2, -0.15) is 0 Å². The van der Waals surface area contributed by atoms with Crippen molar-refractivity contribution in [2.45, 2.75) is 12.8 Å². The molecule has 0 bridgehead atoms. The van der Waals surface area contributed by atoms with Gasteiger partial charge in [0, 0.05) is 35.0 Å². The van der Waals surface area contributed by atoms with Gasteiger partial charge < -0.3 is 16.2 Å². The van der Waals surface area contributed by atoms with Crippen LogP contribution in [0.5, 0.6) is 0 Å². The molecule has 1 fully saturated rings. The van der Waals surface area contributed by atoms with Crippen LogP contribution in [0.3, 0.4) is 0 Å². The minimum atomic E-state index is -2.28. The molecular formula is C27H25N3O5. The van der Waals surface area contributed by atoms with E-state index in [-0.39, 0.29) is 24.3 Å². The Morgan fingerprint density at radius 3 is 1.97 bits per heavy atom. The number of Topliss-reactive ketones (excluding diaryl/α,β-unsaturated/α-hetero) is 1. The number of amides is 2. The highest BCUT2D eigenvalue weighted by molar-refractivity contribution is 6.31. The van der Waals surface area contributed by atoms with E-state index in [0.29, 0.717) is 16.9 Å². The van der Waals surface area contributed by atoms with Crippen molar-refractivity contribution in [1.29, 1.82) is 0 Å². The summed E-state index contributed by atoms with van der Waals surface area (Å²) in [5, 5.41) is 0. The summed E-state index contributed by atoms with van der Waals surface area (Å²) in [7, 11) is 0. The van der Waals surface area contributed by atoms with Crippen LogP contribution in [0.2, 0.25) is 0 Å². The Kier molecular flexibility index (Phi) is 6.38. The van der Waals surface area contributed by atoms with E-state index >= 15 is 0 Å². The number of ether oxygens (including phenoxy) is 1. The molecule has 1 saturated heterocycles. The van der Waals surface area contributed by atoms with Crippen LogP contribution in [0.15, 0.2) is 78.9 Å². The predicted octanol–water partition coefficient (Wildman–Crippen LogP) is 3.05. The number of hydrogen-bond donors (Lipinski definition) is 2. The molecule has 8 heteroatoms. The lowest BCUT2D eigenvalue weighted by Crippen LogP contribution is -2.51. The summed E-state index contributed by atoms with van der Waals surface area (Å²) >= 11 is 0. The number of carbonyl (C=O) groups excluding carboxylic acids is 4. The van der Waals surface area contributed by atoms with Crippen molar-refractivity contribution in [3.05, 3.63) is 95.6 Å². The lowest BCUT2D eigenvalue weighted by Gasteiger charge is -2.29. The van der Waals surface area contributed by atoms with Gasteiger partial charge in [0.1, 0.15) is 0 Å². The summed E-state index contributed by atoms with van der Waals surface area (Å²) in [5.74, 6) is -4.26. The maximum atomic E-state index is 14.0. The fourth-order valence-electron chi connectivity index (χ4n) is 4.45. The molecule has 0 radical (unpaired) electrons. The molecule has 3 aromatic rings. The number of anilines is 2. The van der Waals surface area contributed by atoms with Crippen LogP contribution >= 0.6 is 0 Å². The van der Waals surface area contributed by atoms with Gasteiger partial charge in [0.15, 0.2) is 5.78 Å². The van der Waals surface area contributed by atoms with E-state index in [1.165, 1.54) is 36.4 Å². The number of ketones is 1. The molecule has 3 aromatic carbocycles. The van der Waals surface area contributed by atoms with E-state index in [4.69, 9.17) is 16.2 Å². The van der Waals surface area contributed by atoms with Crippen LogP contribution in [0.25, 0.3) is 0 Å². The second-order valence-electron chi connectivity index (χ2n) is 8.29. The number of likely N-dealkylation sites (tertiary alicyclic amines) is 1. The number of nitrogens with two attached hydrogens (primary N) is 2. The molecule has 1 aliphatic rings. The Balaban J connectivity index is 1.90. The number of nitrogens with zero attached hydrogens (tertiary/aromatic N) is 1. The number of hydrogen-bond acceptors (Lipinski definition) is 7. The standard InChI is InChI=1S/C27H25N3O5/c1-2-35-26(34)27(23(31)18-8-12-20(28)13-9-18)22(17-6-4-3-5-7-17)16-30(25(27)33)24(32)19-10-14-21(29)15-11-19/h3-15,22H,2,16,28-29H2,1H3/t22-,27+/m0/s1. The maximum Gasteiger partial charge on any atom is 0.330 e. The summed E-state index contributed by atoms with van der Waals surface area (Å²) < 4.78 is 5.31. The lowest BCUT2D eigenvalue weighted by molar-refractivity contribution is -0.157. The molecule has 4 N–H and O–H groups in total. The average Bonchev–Trinajstić information content (AvgIpc) is 3.18. The van der Waals surface area contributed by atoms with Gasteiger partial charge in [0.05, 0.1) is 6.61 Å². The third-order valence-corrected chi connectivity index (χ3v) is 6.20. The molecular weight excluding hydrogens is 446 g/mol. The molecule has 8 nitrogen and oxygen atoms in total. The molecule has 2 amide bonds. The van der Waals surface area contributed by atoms with Crippen molar-refractivity contribution in [2.24, 2.45) is 5.41 Å². The number of nitrogen functional groups attached to an aromatic ring is 2. The number of rotatable bonds is 6. The van der Waals surface area contributed by atoms with E-state index < -0.39 is 34.9 Å². The van der Waals surface area contributed by atoms with Crippen LogP contribution < -0.4 is 11.5 Å². The first-order chi connectivity index (χ1) is 16.8. The summed E-state index contributed by atoms with van der Waals surface area (Å²) in [6.45, 7) is 1.37. The lowest BCUT2D eigenvalue weighted by atomic mass is 9.69. The van der Waals surface area contributed by atoms with E-state index in [2.05, 4.69) is 0 Å². The number of benzene rings is 3. The Labute approximate surface area is 202 Å². The summed E-state index contributed by atoms with van der Waals surface area (Å²) in [6, 6.07) is 20.7. The molecule has 1 heterocycles. The average molecular weight is 472 g/mol. The van der Waals surface area contributed by atoms with Gasteiger partial charge in [-0.15, -0.1) is 0 Å². The zero-order chi connectivity index (χ0) is 25.2. The normalized spacial score (nSPS) is 19.4. The van der Waals surface area contributed by atoms with Crippen molar-refractivity contribution < 1.29 is 23.9 Å². The molecule has 2 atom stereocenters. The smallest absolute Gasteiger partial charge is 0.330 e. The van der Waals surface area contributed by atoms with Crippen molar-refractivity contribution in [3.8, 4) is 0 Å². The third-order valence-electron chi connectivity index (χ3n) is 6.20. The maximum absolute atomic E-state index is 14.0. The number of carbonyl (C=O) groups is 4. The molecule has 35 heavy (non-hydrogen) atoms. The predicted molar refractivity (Wildman–Crippen MR) is 130 cm³/mol. The van der Waals surface area contributed by atoms with Gasteiger partial charge in [-0.1, -0.05) is 30.3 Å². The highest BCUT2D eigenvalue weighted by atomic mass is 16.5. The van der Waals surface area contributed by atoms with Gasteiger partial charge in [0.2, 0.25) is 5.41 Å². The molecule has 0 aromatic heterocycles. The van der Waals surface area contributed by atoms with Crippen molar-refractivity contribution in [1.82, 2.24) is 4.90 Å². The first-order valence-electron chi connectivity index (χ1n) is 11.1. The second-order valence-corrected chi connectivity index (χ2v) is 8.29. The van der Waals surface area contributed by atoms with Gasteiger partial charge >= 0.3 is 5.97 Å². The van der Waals surface area contributed by atoms with Crippen molar-refractivity contribution >= 4 is 34.9 Å². The fraction of sp³-hybridized carbons (Fsp3) is 0.185. The molecule has 0 saturated carbocycles. The van der Waals surface area contributed by atoms with Gasteiger partial charge in [-0.05, 0) is 61.0 Å². The van der Waals surface area contributed by atoms with Crippen molar-refractivity contribution in [2.75, 3.05) is 24.6 Å². The minimum absolute atomic E-state index is 0.0453. The highest BCUT2D eigenvalue weighted by Crippen LogP contribution is 2.48. The zero-order valence-corrected chi connectivity index (χ0v) is 19.1. The Hall–Kier alpha value is -4.46. The Morgan fingerprint density at radius 1 is 0.886 bits per heavy atom. The monoisotopic (exact) mass is 471 g/mol. The highest BCUT2D eigenvalue weighted by Gasteiger charge is 2.66. The van der Waals surface area contributed by atoms with E-state index in [1.54, 1.807) is 49.4 Å². The summed E-state index contributed by atoms with van der Waals surface area (Å²) in [4.78, 5) is 56.0.